The molecular formula is C21H27N3O4S. The number of benzene rings is 2. The molecule has 8 heteroatoms. The van der Waals surface area contributed by atoms with E-state index in [1.165, 1.54) is 7.05 Å². The predicted octanol–water partition coefficient (Wildman–Crippen LogP) is 1.81. The topological polar surface area (TPSA) is 104 Å². The van der Waals surface area contributed by atoms with Gasteiger partial charge in [-0.25, -0.2) is 13.1 Å². The van der Waals surface area contributed by atoms with E-state index in [1.807, 2.05) is 19.9 Å². The minimum Gasteiger partial charge on any atom is -0.350 e. The van der Waals surface area contributed by atoms with Crippen molar-refractivity contribution >= 4 is 21.8 Å². The number of sulfonamides is 1. The molecule has 1 atom stereocenters. The Hall–Kier alpha value is -2.71. The summed E-state index contributed by atoms with van der Waals surface area (Å²) >= 11 is 0. The maximum Gasteiger partial charge on any atom is 0.251 e. The first-order chi connectivity index (χ1) is 13.7. The summed E-state index contributed by atoms with van der Waals surface area (Å²) in [6, 6.07) is 15.1. The lowest BCUT2D eigenvalue weighted by Gasteiger charge is -2.22. The SMILES string of the molecule is CNS(=O)(=O)Cc1ccc(CNC(=O)[C@@H](NC(=O)c2ccccc2)C(C)C)cc1. The molecule has 2 amide bonds. The molecule has 0 bridgehead atoms. The number of amides is 2. The summed E-state index contributed by atoms with van der Waals surface area (Å²) in [6.07, 6.45) is 0. The van der Waals surface area contributed by atoms with E-state index in [-0.39, 0.29) is 30.0 Å². The monoisotopic (exact) mass is 417 g/mol. The molecule has 0 radical (unpaired) electrons. The van der Waals surface area contributed by atoms with Gasteiger partial charge in [-0.15, -0.1) is 0 Å². The number of rotatable bonds is 9. The van der Waals surface area contributed by atoms with Gasteiger partial charge in [0.1, 0.15) is 6.04 Å². The number of carbonyl (C=O) groups excluding carboxylic acids is 2. The molecule has 0 spiro atoms. The summed E-state index contributed by atoms with van der Waals surface area (Å²) in [4.78, 5) is 25.0. The van der Waals surface area contributed by atoms with Crippen molar-refractivity contribution in [3.05, 3.63) is 71.3 Å². The van der Waals surface area contributed by atoms with Crippen LogP contribution in [0.4, 0.5) is 0 Å². The van der Waals surface area contributed by atoms with Crippen LogP contribution in [0.25, 0.3) is 0 Å². The van der Waals surface area contributed by atoms with Crippen molar-refractivity contribution in [2.24, 2.45) is 5.92 Å². The third kappa shape index (κ3) is 6.99. The fraction of sp³-hybridized carbons (Fsp3) is 0.333. The van der Waals surface area contributed by atoms with Crippen LogP contribution in [0.2, 0.25) is 0 Å². The van der Waals surface area contributed by atoms with Crippen LogP contribution < -0.4 is 15.4 Å². The van der Waals surface area contributed by atoms with Crippen LogP contribution in [-0.2, 0) is 27.1 Å². The van der Waals surface area contributed by atoms with Crippen LogP contribution in [0.5, 0.6) is 0 Å². The van der Waals surface area contributed by atoms with Crippen LogP contribution in [0.15, 0.2) is 54.6 Å². The Morgan fingerprint density at radius 2 is 1.52 bits per heavy atom. The van der Waals surface area contributed by atoms with Crippen molar-refractivity contribution in [3.63, 3.8) is 0 Å². The lowest BCUT2D eigenvalue weighted by molar-refractivity contribution is -0.124. The highest BCUT2D eigenvalue weighted by Gasteiger charge is 2.24. The molecule has 0 unspecified atom stereocenters. The lowest BCUT2D eigenvalue weighted by atomic mass is 10.0. The first-order valence-corrected chi connectivity index (χ1v) is 11.0. The Morgan fingerprint density at radius 3 is 2.07 bits per heavy atom. The quantitative estimate of drug-likeness (QED) is 0.579. The normalized spacial score (nSPS) is 12.4. The number of nitrogens with one attached hydrogen (secondary N) is 3. The van der Waals surface area contributed by atoms with Crippen LogP contribution in [-0.4, -0.2) is 33.3 Å². The van der Waals surface area contributed by atoms with Crippen molar-refractivity contribution in [2.75, 3.05) is 7.05 Å². The van der Waals surface area contributed by atoms with E-state index in [9.17, 15) is 18.0 Å². The zero-order chi connectivity index (χ0) is 21.4. The van der Waals surface area contributed by atoms with Crippen LogP contribution in [0.1, 0.15) is 35.3 Å². The van der Waals surface area contributed by atoms with Gasteiger partial charge in [-0.05, 0) is 36.2 Å². The van der Waals surface area contributed by atoms with Crippen molar-refractivity contribution in [1.29, 1.82) is 0 Å². The molecule has 29 heavy (non-hydrogen) atoms. The minimum absolute atomic E-state index is 0.0863. The van der Waals surface area contributed by atoms with Crippen molar-refractivity contribution in [1.82, 2.24) is 15.4 Å². The Kier molecular flexibility index (Phi) is 7.92. The lowest BCUT2D eigenvalue weighted by Crippen LogP contribution is -2.49. The van der Waals surface area contributed by atoms with Gasteiger partial charge in [0.15, 0.2) is 0 Å². The van der Waals surface area contributed by atoms with Crippen molar-refractivity contribution in [2.45, 2.75) is 32.2 Å². The van der Waals surface area contributed by atoms with E-state index in [2.05, 4.69) is 15.4 Å². The fourth-order valence-corrected chi connectivity index (χ4v) is 3.47. The molecule has 0 aliphatic heterocycles. The summed E-state index contributed by atoms with van der Waals surface area (Å²) in [7, 11) is -1.95. The average molecular weight is 418 g/mol. The molecule has 2 aromatic rings. The Labute approximate surface area is 172 Å². The van der Waals surface area contributed by atoms with Gasteiger partial charge in [0.05, 0.1) is 5.75 Å². The second-order valence-corrected chi connectivity index (χ2v) is 8.99. The number of carbonyl (C=O) groups is 2. The number of hydrogen-bond acceptors (Lipinski definition) is 4. The highest BCUT2D eigenvalue weighted by Crippen LogP contribution is 2.09. The van der Waals surface area contributed by atoms with Crippen LogP contribution in [0.3, 0.4) is 0 Å². The van der Waals surface area contributed by atoms with E-state index in [0.29, 0.717) is 11.1 Å². The molecule has 0 heterocycles. The minimum atomic E-state index is -3.33. The Bertz CT molecular complexity index is 926. The van der Waals surface area contributed by atoms with Gasteiger partial charge in [-0.1, -0.05) is 56.3 Å². The smallest absolute Gasteiger partial charge is 0.251 e. The van der Waals surface area contributed by atoms with E-state index in [0.717, 1.165) is 5.56 Å². The van der Waals surface area contributed by atoms with Gasteiger partial charge in [-0.2, -0.15) is 0 Å². The van der Waals surface area contributed by atoms with Crippen molar-refractivity contribution in [3.8, 4) is 0 Å². The van der Waals surface area contributed by atoms with E-state index in [4.69, 9.17) is 0 Å². The molecular weight excluding hydrogens is 390 g/mol. The van der Waals surface area contributed by atoms with Gasteiger partial charge in [0.25, 0.3) is 5.91 Å². The standard InChI is InChI=1S/C21H27N3O4S/c1-15(2)19(24-20(25)18-7-5-4-6-8-18)21(26)23-13-16-9-11-17(12-10-16)14-29(27,28)22-3/h4-12,15,19,22H,13-14H2,1-3H3,(H,23,26)(H,24,25)/t19-/m0/s1. The first kappa shape index (κ1) is 22.6. The first-order valence-electron chi connectivity index (χ1n) is 9.34. The van der Waals surface area contributed by atoms with E-state index in [1.54, 1.807) is 48.5 Å². The highest BCUT2D eigenvalue weighted by atomic mass is 32.2. The molecule has 2 aromatic carbocycles. The van der Waals surface area contributed by atoms with Gasteiger partial charge in [-0.3, -0.25) is 9.59 Å². The molecule has 3 N–H and O–H groups in total. The second kappa shape index (κ2) is 10.2. The fourth-order valence-electron chi connectivity index (χ4n) is 2.69. The summed E-state index contributed by atoms with van der Waals surface area (Å²) in [6.45, 7) is 4.02. The molecule has 0 aromatic heterocycles. The van der Waals surface area contributed by atoms with Crippen molar-refractivity contribution < 1.29 is 18.0 Å². The molecule has 7 nitrogen and oxygen atoms in total. The van der Waals surface area contributed by atoms with Gasteiger partial charge in [0, 0.05) is 12.1 Å². The maximum absolute atomic E-state index is 12.6. The molecule has 0 aliphatic rings. The zero-order valence-electron chi connectivity index (χ0n) is 16.8. The van der Waals surface area contributed by atoms with Gasteiger partial charge >= 0.3 is 0 Å². The predicted molar refractivity (Wildman–Crippen MR) is 113 cm³/mol. The summed E-state index contributed by atoms with van der Waals surface area (Å²) in [5.41, 5.74) is 1.99. The zero-order valence-corrected chi connectivity index (χ0v) is 17.6. The van der Waals surface area contributed by atoms with E-state index < -0.39 is 16.1 Å². The molecule has 0 fully saturated rings. The van der Waals surface area contributed by atoms with Crippen LogP contribution >= 0.6 is 0 Å². The van der Waals surface area contributed by atoms with Gasteiger partial charge < -0.3 is 10.6 Å². The number of hydrogen-bond donors (Lipinski definition) is 3. The third-order valence-corrected chi connectivity index (χ3v) is 5.76. The molecule has 0 aliphatic carbocycles. The third-order valence-electron chi connectivity index (χ3n) is 4.43. The molecule has 0 saturated heterocycles. The average Bonchev–Trinajstić information content (AvgIpc) is 2.71. The van der Waals surface area contributed by atoms with E-state index >= 15 is 0 Å². The molecule has 0 saturated carbocycles. The van der Waals surface area contributed by atoms with Crippen LogP contribution in [0, 0.1) is 5.92 Å². The molecule has 156 valence electrons. The summed E-state index contributed by atoms with van der Waals surface area (Å²) < 4.78 is 25.5. The largest absolute Gasteiger partial charge is 0.350 e. The maximum atomic E-state index is 12.6. The summed E-state index contributed by atoms with van der Waals surface area (Å²) in [5, 5.41) is 5.62. The molecule has 2 rings (SSSR count). The Morgan fingerprint density at radius 1 is 0.931 bits per heavy atom. The summed E-state index contributed by atoms with van der Waals surface area (Å²) in [5.74, 6) is -0.755. The highest BCUT2D eigenvalue weighted by molar-refractivity contribution is 7.88. The second-order valence-electron chi connectivity index (χ2n) is 7.06. The Balaban J connectivity index is 1.95. The van der Waals surface area contributed by atoms with Gasteiger partial charge in [0.2, 0.25) is 15.9 Å².